The standard InChI is InChI=1S/C9H13NOSe/c1-9(2,3)7-4-5-8(12-7)10-6-11/h4-6H,1-3H3,(H,10,11). The molecule has 0 aromatic carbocycles. The summed E-state index contributed by atoms with van der Waals surface area (Å²) < 4.78 is 2.49. The van der Waals surface area contributed by atoms with Crippen LogP contribution in [0.1, 0.15) is 25.2 Å². The van der Waals surface area contributed by atoms with Crippen LogP contribution < -0.4 is 5.32 Å². The summed E-state index contributed by atoms with van der Waals surface area (Å²) in [5, 5.41) is 2.70. The summed E-state index contributed by atoms with van der Waals surface area (Å²) in [6.07, 6.45) is 0.743. The quantitative estimate of drug-likeness (QED) is 0.607. The normalized spacial score (nSPS) is 11.2. The zero-order chi connectivity index (χ0) is 9.19. The van der Waals surface area contributed by atoms with E-state index in [0.717, 1.165) is 11.0 Å². The molecule has 0 radical (unpaired) electrons. The van der Waals surface area contributed by atoms with Gasteiger partial charge in [-0.05, 0) is 0 Å². The van der Waals surface area contributed by atoms with Crippen molar-refractivity contribution in [1.82, 2.24) is 0 Å². The zero-order valence-corrected chi connectivity index (χ0v) is 9.26. The van der Waals surface area contributed by atoms with Crippen LogP contribution in [0.15, 0.2) is 12.1 Å². The molecule has 12 heavy (non-hydrogen) atoms. The van der Waals surface area contributed by atoms with Gasteiger partial charge in [0.15, 0.2) is 0 Å². The molecule has 1 heterocycles. The SMILES string of the molecule is CC(C)(C)c1ccc(NC=O)[se]1. The Bertz CT molecular complexity index is 272. The van der Waals surface area contributed by atoms with E-state index in [1.807, 2.05) is 6.07 Å². The molecule has 0 saturated heterocycles. The van der Waals surface area contributed by atoms with Gasteiger partial charge < -0.3 is 0 Å². The van der Waals surface area contributed by atoms with Gasteiger partial charge in [-0.2, -0.15) is 0 Å². The van der Waals surface area contributed by atoms with E-state index in [2.05, 4.69) is 32.2 Å². The minimum atomic E-state index is 0.239. The number of hydrogen-bond donors (Lipinski definition) is 1. The zero-order valence-electron chi connectivity index (χ0n) is 7.55. The van der Waals surface area contributed by atoms with Crippen molar-refractivity contribution < 1.29 is 4.79 Å². The molecule has 2 nitrogen and oxygen atoms in total. The molecule has 0 fully saturated rings. The summed E-state index contributed by atoms with van der Waals surface area (Å²) in [6.45, 7) is 6.58. The minimum absolute atomic E-state index is 0.239. The van der Waals surface area contributed by atoms with Crippen LogP contribution in [0.3, 0.4) is 0 Å². The Hall–Kier alpha value is -0.531. The van der Waals surface area contributed by atoms with Crippen LogP contribution >= 0.6 is 0 Å². The van der Waals surface area contributed by atoms with Crippen LogP contribution in [0.2, 0.25) is 0 Å². The maximum atomic E-state index is 10.2. The van der Waals surface area contributed by atoms with Gasteiger partial charge in [0.1, 0.15) is 0 Å². The van der Waals surface area contributed by atoms with Crippen molar-refractivity contribution in [3.05, 3.63) is 16.6 Å². The van der Waals surface area contributed by atoms with Crippen LogP contribution in [0.5, 0.6) is 0 Å². The number of carbonyl (C=O) groups is 1. The average Bonchev–Trinajstić information content (AvgIpc) is 2.35. The Morgan fingerprint density at radius 1 is 1.42 bits per heavy atom. The second-order valence-corrected chi connectivity index (χ2v) is 5.95. The molecule has 0 aliphatic rings. The third kappa shape index (κ3) is 2.23. The first kappa shape index (κ1) is 9.56. The van der Waals surface area contributed by atoms with Crippen LogP contribution in [0.4, 0.5) is 4.56 Å². The third-order valence-electron chi connectivity index (χ3n) is 1.55. The second-order valence-electron chi connectivity index (χ2n) is 3.68. The van der Waals surface area contributed by atoms with E-state index < -0.39 is 0 Å². The molecule has 3 heteroatoms. The number of anilines is 1. The molecular formula is C9H13NOSe. The average molecular weight is 230 g/mol. The Kier molecular flexibility index (Phi) is 2.76. The molecule has 1 aromatic heterocycles. The first-order valence-corrected chi connectivity index (χ1v) is 5.56. The molecule has 0 unspecified atom stereocenters. The van der Waals surface area contributed by atoms with Gasteiger partial charge >= 0.3 is 78.3 Å². The van der Waals surface area contributed by atoms with Gasteiger partial charge in [0, 0.05) is 0 Å². The summed E-state index contributed by atoms with van der Waals surface area (Å²) in [5.74, 6) is 0. The van der Waals surface area contributed by atoms with Crippen molar-refractivity contribution in [3.8, 4) is 0 Å². The molecule has 0 aliphatic carbocycles. The number of hydrogen-bond acceptors (Lipinski definition) is 1. The van der Waals surface area contributed by atoms with E-state index in [0.29, 0.717) is 14.5 Å². The fourth-order valence-corrected chi connectivity index (χ4v) is 2.81. The molecule has 0 bridgehead atoms. The van der Waals surface area contributed by atoms with Crippen molar-refractivity contribution in [2.75, 3.05) is 5.32 Å². The van der Waals surface area contributed by atoms with Gasteiger partial charge in [-0.1, -0.05) is 0 Å². The van der Waals surface area contributed by atoms with Crippen LogP contribution in [0, 0.1) is 0 Å². The topological polar surface area (TPSA) is 29.1 Å². The van der Waals surface area contributed by atoms with Crippen LogP contribution in [-0.4, -0.2) is 20.9 Å². The van der Waals surface area contributed by atoms with Crippen molar-refractivity contribution in [2.24, 2.45) is 0 Å². The van der Waals surface area contributed by atoms with Crippen molar-refractivity contribution >= 4 is 25.5 Å². The first-order valence-electron chi connectivity index (χ1n) is 3.84. The van der Waals surface area contributed by atoms with E-state index >= 15 is 0 Å². The van der Waals surface area contributed by atoms with Gasteiger partial charge in [0.25, 0.3) is 0 Å². The Morgan fingerprint density at radius 3 is 2.50 bits per heavy atom. The number of amides is 1. The maximum absolute atomic E-state index is 10.2. The molecule has 66 valence electrons. The van der Waals surface area contributed by atoms with Gasteiger partial charge in [0.2, 0.25) is 0 Å². The van der Waals surface area contributed by atoms with Crippen LogP contribution in [-0.2, 0) is 10.2 Å². The number of nitrogens with one attached hydrogen (secondary N) is 1. The molecule has 0 spiro atoms. The Morgan fingerprint density at radius 2 is 2.08 bits per heavy atom. The molecule has 0 aliphatic heterocycles. The molecule has 1 N–H and O–H groups in total. The predicted molar refractivity (Wildman–Crippen MR) is 51.8 cm³/mol. The van der Waals surface area contributed by atoms with Crippen LogP contribution in [0.25, 0.3) is 0 Å². The Labute approximate surface area is 78.7 Å². The molecule has 1 aromatic rings. The van der Waals surface area contributed by atoms with Gasteiger partial charge in [-0.15, -0.1) is 0 Å². The van der Waals surface area contributed by atoms with Crippen molar-refractivity contribution in [3.63, 3.8) is 0 Å². The predicted octanol–water partition coefficient (Wildman–Crippen LogP) is 1.61. The monoisotopic (exact) mass is 231 g/mol. The summed E-state index contributed by atoms with van der Waals surface area (Å²) >= 11 is 0.319. The fraction of sp³-hybridized carbons (Fsp3) is 0.444. The third-order valence-corrected chi connectivity index (χ3v) is 4.57. The van der Waals surface area contributed by atoms with E-state index in [-0.39, 0.29) is 5.41 Å². The molecule has 1 amide bonds. The van der Waals surface area contributed by atoms with Gasteiger partial charge in [-0.3, -0.25) is 0 Å². The van der Waals surface area contributed by atoms with E-state index in [4.69, 9.17) is 0 Å². The Balaban J connectivity index is 2.84. The summed E-state index contributed by atoms with van der Waals surface area (Å²) in [4.78, 5) is 10.2. The molecule has 0 atom stereocenters. The molecule has 1 rings (SSSR count). The number of rotatable bonds is 2. The van der Waals surface area contributed by atoms with E-state index in [1.165, 1.54) is 4.44 Å². The summed E-state index contributed by atoms with van der Waals surface area (Å²) in [5.41, 5.74) is 0.239. The van der Waals surface area contributed by atoms with Gasteiger partial charge in [-0.25, -0.2) is 0 Å². The number of carbonyl (C=O) groups excluding carboxylic acids is 1. The molecular weight excluding hydrogens is 217 g/mol. The van der Waals surface area contributed by atoms with Crippen molar-refractivity contribution in [1.29, 1.82) is 0 Å². The van der Waals surface area contributed by atoms with E-state index in [9.17, 15) is 4.79 Å². The van der Waals surface area contributed by atoms with Crippen molar-refractivity contribution in [2.45, 2.75) is 26.2 Å². The summed E-state index contributed by atoms with van der Waals surface area (Å²) in [7, 11) is 0. The first-order chi connectivity index (χ1) is 5.54. The van der Waals surface area contributed by atoms with Gasteiger partial charge in [0.05, 0.1) is 0 Å². The van der Waals surface area contributed by atoms with E-state index in [1.54, 1.807) is 0 Å². The second kappa shape index (κ2) is 3.46. The molecule has 0 saturated carbocycles. The fourth-order valence-electron chi connectivity index (χ4n) is 0.877. The summed E-state index contributed by atoms with van der Waals surface area (Å²) in [6, 6.07) is 4.11.